The number of allylic oxidation sites excluding steroid dienone is 5. The minimum Gasteiger partial charge on any atom is -0.353 e. The third kappa shape index (κ3) is 5.61. The van der Waals surface area contributed by atoms with Gasteiger partial charge in [0.2, 0.25) is 5.91 Å². The highest BCUT2D eigenvalue weighted by atomic mass is 16.1. The fourth-order valence-electron chi connectivity index (χ4n) is 5.69. The Morgan fingerprint density at radius 2 is 1.88 bits per heavy atom. The Bertz CT molecular complexity index is 1800. The zero-order chi connectivity index (χ0) is 28.3. The van der Waals surface area contributed by atoms with Crippen molar-refractivity contribution in [2.24, 2.45) is 5.92 Å². The molecule has 0 unspecified atom stereocenters. The van der Waals surface area contributed by atoms with Gasteiger partial charge in [-0.1, -0.05) is 55.7 Å². The summed E-state index contributed by atoms with van der Waals surface area (Å²) in [5.74, 6) is 0.205. The van der Waals surface area contributed by atoms with Gasteiger partial charge >= 0.3 is 0 Å². The van der Waals surface area contributed by atoms with Crippen LogP contribution in [0, 0.1) is 5.92 Å². The van der Waals surface area contributed by atoms with E-state index in [-0.39, 0.29) is 11.8 Å². The van der Waals surface area contributed by atoms with E-state index < -0.39 is 0 Å². The van der Waals surface area contributed by atoms with E-state index in [1.165, 1.54) is 6.42 Å². The molecule has 206 valence electrons. The van der Waals surface area contributed by atoms with Crippen molar-refractivity contribution in [2.45, 2.75) is 46.0 Å². The van der Waals surface area contributed by atoms with Crippen LogP contribution in [0.15, 0.2) is 90.9 Å². The number of nitrogens with one attached hydrogen (secondary N) is 3. The molecule has 0 aliphatic heterocycles. The summed E-state index contributed by atoms with van der Waals surface area (Å²) in [5.41, 5.74) is 9.76. The molecule has 0 saturated heterocycles. The minimum atomic E-state index is 0.0959. The third-order valence-electron chi connectivity index (χ3n) is 7.67. The molecule has 7 heteroatoms. The van der Waals surface area contributed by atoms with E-state index in [2.05, 4.69) is 56.3 Å². The molecule has 1 amide bonds. The Labute approximate surface area is 239 Å². The first kappa shape index (κ1) is 26.4. The summed E-state index contributed by atoms with van der Waals surface area (Å²) in [6.45, 7) is 7.97. The third-order valence-corrected chi connectivity index (χ3v) is 7.67. The summed E-state index contributed by atoms with van der Waals surface area (Å²) < 4.78 is 0. The molecule has 5 aromatic rings. The topological polar surface area (TPSA) is 99.4 Å². The lowest BCUT2D eigenvalue weighted by Crippen LogP contribution is -2.30. The predicted molar refractivity (Wildman–Crippen MR) is 166 cm³/mol. The van der Waals surface area contributed by atoms with Crippen molar-refractivity contribution in [3.8, 4) is 22.5 Å². The molecule has 0 atom stereocenters. The molecule has 1 aliphatic carbocycles. The molecule has 0 bridgehead atoms. The number of aromatic nitrogens is 5. The minimum absolute atomic E-state index is 0.0959. The lowest BCUT2D eigenvalue weighted by Gasteiger charge is -2.21. The van der Waals surface area contributed by atoms with Crippen LogP contribution in [0.1, 0.15) is 51.6 Å². The van der Waals surface area contributed by atoms with Gasteiger partial charge in [-0.25, -0.2) is 4.98 Å². The number of rotatable bonds is 7. The Hall–Kier alpha value is -4.78. The molecule has 1 aromatic carbocycles. The van der Waals surface area contributed by atoms with E-state index in [1.54, 1.807) is 6.20 Å². The number of amides is 1. The van der Waals surface area contributed by atoms with Crippen LogP contribution in [0.3, 0.4) is 0 Å². The van der Waals surface area contributed by atoms with Crippen molar-refractivity contribution in [2.75, 3.05) is 0 Å². The first-order valence-corrected chi connectivity index (χ1v) is 14.2. The summed E-state index contributed by atoms with van der Waals surface area (Å²) in [4.78, 5) is 25.7. The van der Waals surface area contributed by atoms with Gasteiger partial charge in [-0.2, -0.15) is 5.10 Å². The van der Waals surface area contributed by atoms with Gasteiger partial charge in [-0.15, -0.1) is 0 Å². The lowest BCUT2D eigenvalue weighted by molar-refractivity contribution is -0.125. The second-order valence-electron chi connectivity index (χ2n) is 11.0. The number of hydrogen-bond donors (Lipinski definition) is 3. The number of pyridine rings is 2. The van der Waals surface area contributed by atoms with Crippen LogP contribution < -0.4 is 5.32 Å². The highest BCUT2D eigenvalue weighted by Crippen LogP contribution is 2.34. The average molecular weight is 543 g/mol. The van der Waals surface area contributed by atoms with Gasteiger partial charge in [0.25, 0.3) is 0 Å². The van der Waals surface area contributed by atoms with Crippen molar-refractivity contribution < 1.29 is 4.79 Å². The van der Waals surface area contributed by atoms with Gasteiger partial charge in [0.05, 0.1) is 16.9 Å². The van der Waals surface area contributed by atoms with Crippen molar-refractivity contribution in [3.05, 3.63) is 96.6 Å². The summed E-state index contributed by atoms with van der Waals surface area (Å²) >= 11 is 0. The molecule has 0 radical (unpaired) electrons. The SMILES string of the molecule is C=C(C)/C=C(\C=C(/C)NC(=O)C1CCCCC1)c1ccc2[nH]nc(-c3cc4c(-c5cccnc5)cccc4[nH]3)c2n1. The zero-order valence-electron chi connectivity index (χ0n) is 23.5. The molecule has 7 nitrogen and oxygen atoms in total. The maximum atomic E-state index is 12.9. The number of fused-ring (bicyclic) bond motifs is 2. The Kier molecular flexibility index (Phi) is 7.33. The summed E-state index contributed by atoms with van der Waals surface area (Å²) in [7, 11) is 0. The molecule has 4 aromatic heterocycles. The van der Waals surface area contributed by atoms with Crippen LogP contribution in [-0.4, -0.2) is 31.1 Å². The number of carbonyl (C=O) groups is 1. The second kappa shape index (κ2) is 11.4. The van der Waals surface area contributed by atoms with Gasteiger partial charge < -0.3 is 10.3 Å². The Morgan fingerprint density at radius 1 is 1.02 bits per heavy atom. The van der Waals surface area contributed by atoms with E-state index in [1.807, 2.05) is 56.5 Å². The van der Waals surface area contributed by atoms with Crippen LogP contribution in [0.25, 0.3) is 50.0 Å². The smallest absolute Gasteiger partial charge is 0.227 e. The van der Waals surface area contributed by atoms with Crippen LogP contribution >= 0.6 is 0 Å². The molecule has 0 spiro atoms. The monoisotopic (exact) mass is 542 g/mol. The summed E-state index contributed by atoms with van der Waals surface area (Å²) in [6, 6.07) is 16.3. The van der Waals surface area contributed by atoms with Gasteiger partial charge in [0.1, 0.15) is 11.2 Å². The summed E-state index contributed by atoms with van der Waals surface area (Å²) in [5, 5.41) is 12.0. The molecule has 1 fully saturated rings. The normalized spacial score (nSPS) is 15.0. The maximum Gasteiger partial charge on any atom is 0.227 e. The van der Waals surface area contributed by atoms with E-state index in [0.29, 0.717) is 0 Å². The average Bonchev–Trinajstić information content (AvgIpc) is 3.61. The van der Waals surface area contributed by atoms with E-state index >= 15 is 0 Å². The van der Waals surface area contributed by atoms with Crippen molar-refractivity contribution in [1.29, 1.82) is 0 Å². The fraction of sp³-hybridized carbons (Fsp3) is 0.235. The first-order chi connectivity index (χ1) is 20.0. The molecular weight excluding hydrogens is 508 g/mol. The number of hydrogen-bond acceptors (Lipinski definition) is 4. The lowest BCUT2D eigenvalue weighted by atomic mass is 9.88. The van der Waals surface area contributed by atoms with Gasteiger partial charge in [0.15, 0.2) is 0 Å². The number of H-pyrrole nitrogens is 2. The van der Waals surface area contributed by atoms with E-state index in [9.17, 15) is 4.79 Å². The van der Waals surface area contributed by atoms with Crippen LogP contribution in [0.4, 0.5) is 0 Å². The standard InChI is InChI=1S/C34H34N6O/c1-21(2)17-25(18-22(3)36-34(41)23-9-5-4-6-10-23)28-14-15-30-32(38-28)33(40-39-30)31-19-27-26(12-7-13-29(27)37-31)24-11-8-16-35-20-24/h7-8,11-20,23,37H,1,4-6,9-10H2,2-3H3,(H,36,41)(H,39,40)/b22-18+,25-17+. The molecule has 3 N–H and O–H groups in total. The van der Waals surface area contributed by atoms with E-state index in [0.717, 1.165) is 92.7 Å². The quantitative estimate of drug-likeness (QED) is 0.183. The number of nitrogens with zero attached hydrogens (tertiary/aromatic N) is 3. The highest BCUT2D eigenvalue weighted by Gasteiger charge is 2.21. The molecule has 4 heterocycles. The highest BCUT2D eigenvalue weighted by molar-refractivity contribution is 6.00. The van der Waals surface area contributed by atoms with Gasteiger partial charge in [0, 0.05) is 46.0 Å². The van der Waals surface area contributed by atoms with Gasteiger partial charge in [-0.05, 0) is 68.7 Å². The van der Waals surface area contributed by atoms with Crippen LogP contribution in [0.2, 0.25) is 0 Å². The van der Waals surface area contributed by atoms with Crippen molar-refractivity contribution in [1.82, 2.24) is 30.5 Å². The molecular formula is C34H34N6O. The van der Waals surface area contributed by atoms with Gasteiger partial charge in [-0.3, -0.25) is 14.9 Å². The Balaban J connectivity index is 1.35. The molecule has 1 saturated carbocycles. The fourth-order valence-corrected chi connectivity index (χ4v) is 5.69. The first-order valence-electron chi connectivity index (χ1n) is 14.2. The number of benzene rings is 1. The van der Waals surface area contributed by atoms with Crippen LogP contribution in [0.5, 0.6) is 0 Å². The largest absolute Gasteiger partial charge is 0.353 e. The number of aromatic amines is 2. The molecule has 1 aliphatic rings. The summed E-state index contributed by atoms with van der Waals surface area (Å²) in [6.07, 6.45) is 13.0. The second-order valence-corrected chi connectivity index (χ2v) is 11.0. The van der Waals surface area contributed by atoms with Crippen molar-refractivity contribution >= 4 is 33.4 Å². The zero-order valence-corrected chi connectivity index (χ0v) is 23.5. The number of carbonyl (C=O) groups excluding carboxylic acids is 1. The van der Waals surface area contributed by atoms with E-state index in [4.69, 9.17) is 4.98 Å². The Morgan fingerprint density at radius 3 is 2.66 bits per heavy atom. The van der Waals surface area contributed by atoms with Crippen molar-refractivity contribution in [3.63, 3.8) is 0 Å². The maximum absolute atomic E-state index is 12.9. The van der Waals surface area contributed by atoms with Crippen LogP contribution in [-0.2, 0) is 4.79 Å². The molecule has 41 heavy (non-hydrogen) atoms. The predicted octanol–water partition coefficient (Wildman–Crippen LogP) is 7.73. The molecule has 6 rings (SSSR count).